The first-order valence-electron chi connectivity index (χ1n) is 6.70. The van der Waals surface area contributed by atoms with E-state index < -0.39 is 0 Å². The Morgan fingerprint density at radius 1 is 1.35 bits per heavy atom. The van der Waals surface area contributed by atoms with E-state index in [0.717, 1.165) is 12.1 Å². The number of amides is 1. The molecule has 2 rings (SSSR count). The van der Waals surface area contributed by atoms with Crippen molar-refractivity contribution < 1.29 is 9.90 Å². The van der Waals surface area contributed by atoms with Gasteiger partial charge >= 0.3 is 0 Å². The summed E-state index contributed by atoms with van der Waals surface area (Å²) < 4.78 is 1.71. The van der Waals surface area contributed by atoms with E-state index in [1.54, 1.807) is 36.0 Å². The number of anilines is 1. The first-order valence-corrected chi connectivity index (χ1v) is 6.70. The van der Waals surface area contributed by atoms with E-state index in [9.17, 15) is 9.90 Å². The Kier molecular flexibility index (Phi) is 4.08. The number of phenols is 1. The number of carbonyl (C=O) groups is 1. The largest absolute Gasteiger partial charge is 0.508 e. The Bertz CT molecular complexity index is 619. The number of aromatic hydroxyl groups is 1. The highest BCUT2D eigenvalue weighted by molar-refractivity contribution is 6.04. The Labute approximate surface area is 118 Å². The van der Waals surface area contributed by atoms with Gasteiger partial charge in [-0.1, -0.05) is 13.0 Å². The van der Waals surface area contributed by atoms with Gasteiger partial charge in [0.15, 0.2) is 0 Å². The number of hydrogen-bond acceptors (Lipinski definition) is 3. The van der Waals surface area contributed by atoms with Crippen LogP contribution in [0.15, 0.2) is 30.3 Å². The van der Waals surface area contributed by atoms with Crippen LogP contribution in [0, 0.1) is 0 Å². The van der Waals surface area contributed by atoms with E-state index in [2.05, 4.69) is 5.10 Å². The lowest BCUT2D eigenvalue weighted by Crippen LogP contribution is -2.28. The molecule has 5 heteroatoms. The molecule has 0 aliphatic rings. The quantitative estimate of drug-likeness (QED) is 0.930. The minimum atomic E-state index is -0.135. The van der Waals surface area contributed by atoms with Crippen LogP contribution in [0.4, 0.5) is 5.69 Å². The van der Waals surface area contributed by atoms with Gasteiger partial charge in [-0.25, -0.2) is 0 Å². The van der Waals surface area contributed by atoms with Crippen molar-refractivity contribution >= 4 is 11.6 Å². The van der Waals surface area contributed by atoms with Gasteiger partial charge in [-0.05, 0) is 31.5 Å². The summed E-state index contributed by atoms with van der Waals surface area (Å²) in [6.07, 6.45) is 0.795. The fraction of sp³-hybridized carbons (Fsp3) is 0.333. The van der Waals surface area contributed by atoms with Crippen LogP contribution in [0.2, 0.25) is 0 Å². The number of rotatable bonds is 4. The molecule has 0 aliphatic carbocycles. The standard InChI is InChI=1S/C15H19N3O2/c1-4-11-9-14(18(5-2)16-11)15(20)17(3)12-7-6-8-13(19)10-12/h6-10,19H,4-5H2,1-3H3. The third-order valence-electron chi connectivity index (χ3n) is 3.23. The minimum absolute atomic E-state index is 0.135. The molecule has 0 unspecified atom stereocenters. The van der Waals surface area contributed by atoms with Gasteiger partial charge in [-0.2, -0.15) is 5.10 Å². The minimum Gasteiger partial charge on any atom is -0.508 e. The SMILES string of the molecule is CCc1cc(C(=O)N(C)c2cccc(O)c2)n(CC)n1. The monoisotopic (exact) mass is 273 g/mol. The van der Waals surface area contributed by atoms with Crippen LogP contribution in [0.25, 0.3) is 0 Å². The molecule has 0 fully saturated rings. The Balaban J connectivity index is 2.33. The van der Waals surface area contributed by atoms with Crippen molar-refractivity contribution in [3.8, 4) is 5.75 Å². The molecule has 0 spiro atoms. The highest BCUT2D eigenvalue weighted by atomic mass is 16.3. The fourth-order valence-electron chi connectivity index (χ4n) is 2.05. The molecule has 1 N–H and O–H groups in total. The molecule has 0 aliphatic heterocycles. The van der Waals surface area contributed by atoms with Crippen molar-refractivity contribution in [1.29, 1.82) is 0 Å². The van der Waals surface area contributed by atoms with Gasteiger partial charge in [-0.15, -0.1) is 0 Å². The molecular weight excluding hydrogens is 254 g/mol. The average molecular weight is 273 g/mol. The maximum atomic E-state index is 12.5. The summed E-state index contributed by atoms with van der Waals surface area (Å²) in [7, 11) is 1.69. The molecule has 2 aromatic rings. The molecule has 106 valence electrons. The molecule has 1 heterocycles. The molecule has 0 bridgehead atoms. The van der Waals surface area contributed by atoms with E-state index in [-0.39, 0.29) is 11.7 Å². The lowest BCUT2D eigenvalue weighted by Gasteiger charge is -2.17. The first kappa shape index (κ1) is 14.1. The molecule has 5 nitrogen and oxygen atoms in total. The second-order valence-electron chi connectivity index (χ2n) is 4.57. The second-order valence-corrected chi connectivity index (χ2v) is 4.57. The van der Waals surface area contributed by atoms with E-state index in [0.29, 0.717) is 17.9 Å². The summed E-state index contributed by atoms with van der Waals surface area (Å²) in [4.78, 5) is 14.1. The van der Waals surface area contributed by atoms with E-state index in [1.165, 1.54) is 4.90 Å². The van der Waals surface area contributed by atoms with Crippen LogP contribution in [0.1, 0.15) is 30.0 Å². The third kappa shape index (κ3) is 2.66. The van der Waals surface area contributed by atoms with Crippen molar-refractivity contribution in [2.24, 2.45) is 0 Å². The lowest BCUT2D eigenvalue weighted by atomic mass is 10.2. The van der Waals surface area contributed by atoms with Crippen LogP contribution < -0.4 is 4.90 Å². The molecule has 1 aromatic heterocycles. The highest BCUT2D eigenvalue weighted by Gasteiger charge is 2.19. The van der Waals surface area contributed by atoms with Gasteiger partial charge in [-0.3, -0.25) is 9.48 Å². The number of aromatic nitrogens is 2. The van der Waals surface area contributed by atoms with Crippen LogP contribution in [0.3, 0.4) is 0 Å². The number of aryl methyl sites for hydroxylation is 2. The molecule has 0 saturated heterocycles. The Morgan fingerprint density at radius 2 is 2.10 bits per heavy atom. The van der Waals surface area contributed by atoms with Gasteiger partial charge in [0.1, 0.15) is 11.4 Å². The van der Waals surface area contributed by atoms with Crippen LogP contribution in [-0.2, 0) is 13.0 Å². The van der Waals surface area contributed by atoms with E-state index in [4.69, 9.17) is 0 Å². The van der Waals surface area contributed by atoms with Crippen molar-refractivity contribution in [2.75, 3.05) is 11.9 Å². The summed E-state index contributed by atoms with van der Waals surface area (Å²) in [5.74, 6) is 0.00467. The predicted octanol–water partition coefficient (Wildman–Crippen LogP) is 2.45. The maximum Gasteiger partial charge on any atom is 0.276 e. The summed E-state index contributed by atoms with van der Waals surface area (Å²) in [5.41, 5.74) is 2.12. The zero-order chi connectivity index (χ0) is 14.7. The molecule has 0 saturated carbocycles. The Hall–Kier alpha value is -2.30. The zero-order valence-corrected chi connectivity index (χ0v) is 12.0. The third-order valence-corrected chi connectivity index (χ3v) is 3.23. The van der Waals surface area contributed by atoms with Gasteiger partial charge < -0.3 is 10.0 Å². The summed E-state index contributed by atoms with van der Waals surface area (Å²) in [6, 6.07) is 8.46. The number of benzene rings is 1. The zero-order valence-electron chi connectivity index (χ0n) is 12.0. The van der Waals surface area contributed by atoms with E-state index >= 15 is 0 Å². The van der Waals surface area contributed by atoms with Crippen molar-refractivity contribution in [2.45, 2.75) is 26.8 Å². The van der Waals surface area contributed by atoms with Gasteiger partial charge in [0.2, 0.25) is 0 Å². The molecule has 1 amide bonds. The van der Waals surface area contributed by atoms with Gasteiger partial charge in [0, 0.05) is 25.3 Å². The van der Waals surface area contributed by atoms with Crippen molar-refractivity contribution in [1.82, 2.24) is 9.78 Å². The lowest BCUT2D eigenvalue weighted by molar-refractivity contribution is 0.0983. The fourth-order valence-corrected chi connectivity index (χ4v) is 2.05. The summed E-state index contributed by atoms with van der Waals surface area (Å²) in [5, 5.41) is 13.9. The topological polar surface area (TPSA) is 58.4 Å². The molecule has 0 radical (unpaired) electrons. The average Bonchev–Trinajstić information content (AvgIpc) is 2.89. The summed E-state index contributed by atoms with van der Waals surface area (Å²) in [6.45, 7) is 4.61. The maximum absolute atomic E-state index is 12.5. The molecular formula is C15H19N3O2. The molecule has 20 heavy (non-hydrogen) atoms. The molecule has 0 atom stereocenters. The predicted molar refractivity (Wildman–Crippen MR) is 78.1 cm³/mol. The first-order chi connectivity index (χ1) is 9.56. The van der Waals surface area contributed by atoms with Gasteiger partial charge in [0.05, 0.1) is 5.69 Å². The number of nitrogens with zero attached hydrogens (tertiary/aromatic N) is 3. The molecule has 1 aromatic carbocycles. The number of hydrogen-bond donors (Lipinski definition) is 1. The van der Waals surface area contributed by atoms with Crippen LogP contribution >= 0.6 is 0 Å². The number of phenolic OH excluding ortho intramolecular Hbond substituents is 1. The smallest absolute Gasteiger partial charge is 0.276 e. The normalized spacial score (nSPS) is 10.6. The van der Waals surface area contributed by atoms with Crippen LogP contribution in [0.5, 0.6) is 5.75 Å². The highest BCUT2D eigenvalue weighted by Crippen LogP contribution is 2.21. The van der Waals surface area contributed by atoms with Gasteiger partial charge in [0.25, 0.3) is 5.91 Å². The number of carbonyl (C=O) groups excluding carboxylic acids is 1. The van der Waals surface area contributed by atoms with Crippen molar-refractivity contribution in [3.63, 3.8) is 0 Å². The Morgan fingerprint density at radius 3 is 2.70 bits per heavy atom. The summed E-state index contributed by atoms with van der Waals surface area (Å²) >= 11 is 0. The van der Waals surface area contributed by atoms with Crippen LogP contribution in [-0.4, -0.2) is 27.8 Å². The second kappa shape index (κ2) is 5.77. The van der Waals surface area contributed by atoms with Crippen molar-refractivity contribution in [3.05, 3.63) is 41.7 Å². The van der Waals surface area contributed by atoms with E-state index in [1.807, 2.05) is 19.9 Å².